The molecule has 2 aromatic rings. The van der Waals surface area contributed by atoms with Gasteiger partial charge in [-0.2, -0.15) is 11.3 Å². The van der Waals surface area contributed by atoms with Crippen molar-refractivity contribution in [3.8, 4) is 0 Å². The zero-order chi connectivity index (χ0) is 14.4. The van der Waals surface area contributed by atoms with Gasteiger partial charge in [0.15, 0.2) is 5.82 Å². The van der Waals surface area contributed by atoms with Gasteiger partial charge in [0.25, 0.3) is 0 Å². The van der Waals surface area contributed by atoms with E-state index in [-0.39, 0.29) is 6.04 Å². The second-order valence-corrected chi connectivity index (χ2v) is 5.29. The normalized spacial score (nSPS) is 12.2. The van der Waals surface area contributed by atoms with Crippen LogP contribution in [-0.4, -0.2) is 23.1 Å². The average molecular weight is 293 g/mol. The number of aromatic nitrogens is 2. The molecule has 2 heterocycles. The highest BCUT2D eigenvalue weighted by Gasteiger charge is 2.08. The molecule has 6 nitrogen and oxygen atoms in total. The van der Waals surface area contributed by atoms with Crippen molar-refractivity contribution in [1.82, 2.24) is 9.97 Å². The van der Waals surface area contributed by atoms with E-state index in [4.69, 9.17) is 10.6 Å². The lowest BCUT2D eigenvalue weighted by Gasteiger charge is -2.15. The van der Waals surface area contributed by atoms with Gasteiger partial charge >= 0.3 is 0 Å². The van der Waals surface area contributed by atoms with Gasteiger partial charge in [0.2, 0.25) is 0 Å². The summed E-state index contributed by atoms with van der Waals surface area (Å²) < 4.78 is 5.05. The standard InChI is InChI=1S/C13H19N5OS/c1-9(5-10-3-4-20-8-10)15-11-6-12(18-14)17-13(16-11)7-19-2/h3-4,6,8-9H,5,7,14H2,1-2H3,(H2,15,16,17,18). The third kappa shape index (κ3) is 4.16. The molecule has 1 unspecified atom stereocenters. The maximum atomic E-state index is 5.42. The lowest BCUT2D eigenvalue weighted by molar-refractivity contribution is 0.178. The summed E-state index contributed by atoms with van der Waals surface area (Å²) >= 11 is 1.71. The zero-order valence-corrected chi connectivity index (χ0v) is 12.4. The van der Waals surface area contributed by atoms with Crippen LogP contribution in [0.1, 0.15) is 18.3 Å². The zero-order valence-electron chi connectivity index (χ0n) is 11.6. The molecule has 108 valence electrons. The highest BCUT2D eigenvalue weighted by molar-refractivity contribution is 7.07. The van der Waals surface area contributed by atoms with Gasteiger partial charge in [-0.15, -0.1) is 0 Å². The molecule has 7 heteroatoms. The van der Waals surface area contributed by atoms with Crippen LogP contribution < -0.4 is 16.6 Å². The number of anilines is 2. The Morgan fingerprint density at radius 2 is 2.20 bits per heavy atom. The molecule has 0 fully saturated rings. The van der Waals surface area contributed by atoms with E-state index in [1.165, 1.54) is 5.56 Å². The van der Waals surface area contributed by atoms with E-state index >= 15 is 0 Å². The predicted molar refractivity (Wildman–Crippen MR) is 81.7 cm³/mol. The molecule has 0 spiro atoms. The van der Waals surface area contributed by atoms with E-state index in [9.17, 15) is 0 Å². The van der Waals surface area contributed by atoms with E-state index in [1.54, 1.807) is 24.5 Å². The van der Waals surface area contributed by atoms with Gasteiger partial charge in [-0.25, -0.2) is 15.8 Å². The fourth-order valence-corrected chi connectivity index (χ4v) is 2.59. The second-order valence-electron chi connectivity index (χ2n) is 4.51. The summed E-state index contributed by atoms with van der Waals surface area (Å²) in [5.74, 6) is 7.31. The van der Waals surface area contributed by atoms with Crippen molar-refractivity contribution in [3.63, 3.8) is 0 Å². The number of hydrogen-bond donors (Lipinski definition) is 3. The molecule has 0 saturated carbocycles. The SMILES string of the molecule is COCc1nc(NN)cc(NC(C)Cc2ccsc2)n1. The van der Waals surface area contributed by atoms with Crippen LogP contribution in [0.4, 0.5) is 11.6 Å². The first-order valence-electron chi connectivity index (χ1n) is 6.32. The van der Waals surface area contributed by atoms with Crippen LogP contribution in [0.3, 0.4) is 0 Å². The van der Waals surface area contributed by atoms with Gasteiger partial charge in [-0.3, -0.25) is 0 Å². The Bertz CT molecular complexity index is 532. The molecular formula is C13H19N5OS. The molecule has 0 aliphatic carbocycles. The summed E-state index contributed by atoms with van der Waals surface area (Å²) in [6, 6.07) is 4.18. The lowest BCUT2D eigenvalue weighted by atomic mass is 10.1. The number of rotatable bonds is 7. The molecule has 0 aromatic carbocycles. The molecule has 0 bridgehead atoms. The van der Waals surface area contributed by atoms with Crippen LogP contribution in [0.15, 0.2) is 22.9 Å². The number of ether oxygens (including phenoxy) is 1. The first kappa shape index (κ1) is 14.7. The minimum Gasteiger partial charge on any atom is -0.377 e. The van der Waals surface area contributed by atoms with Gasteiger partial charge in [-0.05, 0) is 35.7 Å². The molecule has 0 saturated heterocycles. The van der Waals surface area contributed by atoms with Crippen molar-refractivity contribution in [1.29, 1.82) is 0 Å². The number of nitrogen functional groups attached to an aromatic ring is 1. The number of hydrogen-bond acceptors (Lipinski definition) is 7. The Labute approximate surface area is 122 Å². The molecule has 0 aliphatic heterocycles. The van der Waals surface area contributed by atoms with E-state index in [0.29, 0.717) is 18.2 Å². The van der Waals surface area contributed by atoms with Crippen molar-refractivity contribution in [2.45, 2.75) is 26.0 Å². The van der Waals surface area contributed by atoms with Gasteiger partial charge in [-0.1, -0.05) is 0 Å². The van der Waals surface area contributed by atoms with Gasteiger partial charge < -0.3 is 15.5 Å². The number of nitrogens with one attached hydrogen (secondary N) is 2. The smallest absolute Gasteiger partial charge is 0.158 e. The molecule has 2 rings (SSSR count). The van der Waals surface area contributed by atoms with Crippen molar-refractivity contribution in [2.75, 3.05) is 17.9 Å². The molecule has 0 amide bonds. The third-order valence-corrected chi connectivity index (χ3v) is 3.44. The van der Waals surface area contributed by atoms with Crippen molar-refractivity contribution in [2.24, 2.45) is 5.84 Å². The Balaban J connectivity index is 2.05. The molecule has 0 radical (unpaired) electrons. The number of hydrazine groups is 1. The minimum absolute atomic E-state index is 0.264. The topological polar surface area (TPSA) is 85.1 Å². The number of thiophene rings is 1. The molecule has 4 N–H and O–H groups in total. The quantitative estimate of drug-likeness (QED) is 0.535. The highest BCUT2D eigenvalue weighted by atomic mass is 32.1. The summed E-state index contributed by atoms with van der Waals surface area (Å²) in [5.41, 5.74) is 3.86. The van der Waals surface area contributed by atoms with Crippen LogP contribution in [0.2, 0.25) is 0 Å². The summed E-state index contributed by atoms with van der Waals surface area (Å²) in [6.45, 7) is 2.47. The Hall–Kier alpha value is -1.70. The predicted octanol–water partition coefficient (Wildman–Crippen LogP) is 2.01. The van der Waals surface area contributed by atoms with E-state index in [1.807, 2.05) is 0 Å². The van der Waals surface area contributed by atoms with Crippen molar-refractivity contribution >= 4 is 23.0 Å². The average Bonchev–Trinajstić information content (AvgIpc) is 2.91. The maximum absolute atomic E-state index is 5.42. The summed E-state index contributed by atoms with van der Waals surface area (Å²) in [5, 5.41) is 7.59. The van der Waals surface area contributed by atoms with Gasteiger partial charge in [0.1, 0.15) is 18.2 Å². The fraction of sp³-hybridized carbons (Fsp3) is 0.385. The Morgan fingerprint density at radius 1 is 1.40 bits per heavy atom. The van der Waals surface area contributed by atoms with Crippen molar-refractivity contribution in [3.05, 3.63) is 34.3 Å². The van der Waals surface area contributed by atoms with Gasteiger partial charge in [0.05, 0.1) is 0 Å². The van der Waals surface area contributed by atoms with E-state index in [2.05, 4.69) is 44.5 Å². The van der Waals surface area contributed by atoms with Crippen LogP contribution in [0, 0.1) is 0 Å². The first-order chi connectivity index (χ1) is 9.71. The fourth-order valence-electron chi connectivity index (χ4n) is 1.90. The third-order valence-electron chi connectivity index (χ3n) is 2.71. The largest absolute Gasteiger partial charge is 0.377 e. The summed E-state index contributed by atoms with van der Waals surface area (Å²) in [6.07, 6.45) is 0.943. The molecule has 0 aliphatic rings. The first-order valence-corrected chi connectivity index (χ1v) is 7.26. The van der Waals surface area contributed by atoms with Crippen molar-refractivity contribution < 1.29 is 4.74 Å². The van der Waals surface area contributed by atoms with Crippen LogP contribution in [-0.2, 0) is 17.8 Å². The van der Waals surface area contributed by atoms with Crippen LogP contribution in [0.25, 0.3) is 0 Å². The Kier molecular flexibility index (Phi) is 5.28. The van der Waals surface area contributed by atoms with Gasteiger partial charge in [0, 0.05) is 19.2 Å². The van der Waals surface area contributed by atoms with Crippen LogP contribution >= 0.6 is 11.3 Å². The lowest BCUT2D eigenvalue weighted by Crippen LogP contribution is -2.20. The molecular weight excluding hydrogens is 274 g/mol. The highest BCUT2D eigenvalue weighted by Crippen LogP contribution is 2.15. The minimum atomic E-state index is 0.264. The van der Waals surface area contributed by atoms with E-state index < -0.39 is 0 Å². The van der Waals surface area contributed by atoms with E-state index in [0.717, 1.165) is 12.2 Å². The summed E-state index contributed by atoms with van der Waals surface area (Å²) in [7, 11) is 1.61. The maximum Gasteiger partial charge on any atom is 0.158 e. The number of methoxy groups -OCH3 is 1. The second kappa shape index (κ2) is 7.18. The molecule has 1 atom stereocenters. The molecule has 20 heavy (non-hydrogen) atoms. The summed E-state index contributed by atoms with van der Waals surface area (Å²) in [4.78, 5) is 8.61. The monoisotopic (exact) mass is 293 g/mol. The van der Waals surface area contributed by atoms with Crippen LogP contribution in [0.5, 0.6) is 0 Å². The molecule has 2 aromatic heterocycles. The Morgan fingerprint density at radius 3 is 2.85 bits per heavy atom. The number of nitrogens with zero attached hydrogens (tertiary/aromatic N) is 2. The number of nitrogens with two attached hydrogens (primary N) is 1.